The van der Waals surface area contributed by atoms with Crippen LogP contribution in [0.4, 0.5) is 5.69 Å². The number of rotatable bonds is 9. The largest absolute Gasteiger partial charge is 0.395 e. The second-order valence-electron chi connectivity index (χ2n) is 6.03. The molecule has 11 heteroatoms. The average Bonchev–Trinajstić information content (AvgIpc) is 2.74. The standard InChI is InChI=1S/C15H16N4O3S.C4H11NO2/c1-19(2)18-16-13-8-10-14(11-9-13)23(21,22)17-15(20)12-6-4-3-5-7-12;6-3-1-5-2-4-7/h3-11H,1-2H3,(H,17,20);5-7H,1-4H2. The van der Waals surface area contributed by atoms with Gasteiger partial charge in [-0.3, -0.25) is 9.80 Å². The van der Waals surface area contributed by atoms with E-state index in [1.807, 2.05) is 4.72 Å². The number of carbonyl (C=O) groups is 1. The van der Waals surface area contributed by atoms with Crippen molar-refractivity contribution in [3.05, 3.63) is 60.2 Å². The lowest BCUT2D eigenvalue weighted by Crippen LogP contribution is -2.30. The minimum atomic E-state index is -3.94. The van der Waals surface area contributed by atoms with Crippen LogP contribution in [-0.4, -0.2) is 69.9 Å². The molecule has 164 valence electrons. The van der Waals surface area contributed by atoms with E-state index in [4.69, 9.17) is 10.2 Å². The number of amides is 1. The van der Waals surface area contributed by atoms with Gasteiger partial charge >= 0.3 is 0 Å². The Morgan fingerprint density at radius 3 is 2.03 bits per heavy atom. The van der Waals surface area contributed by atoms with Crippen LogP contribution in [0.25, 0.3) is 0 Å². The molecule has 0 aromatic heterocycles. The maximum absolute atomic E-state index is 12.2. The quantitative estimate of drug-likeness (QED) is 0.259. The third-order valence-corrected chi connectivity index (χ3v) is 4.67. The summed E-state index contributed by atoms with van der Waals surface area (Å²) < 4.78 is 26.4. The first-order chi connectivity index (χ1) is 14.3. The molecule has 0 aliphatic rings. The molecule has 2 rings (SSSR count). The molecular weight excluding hydrogens is 410 g/mol. The number of hydrogen-bond acceptors (Lipinski definition) is 8. The Hall–Kier alpha value is -2.86. The predicted octanol–water partition coefficient (Wildman–Crippen LogP) is 0.926. The van der Waals surface area contributed by atoms with Gasteiger partial charge in [-0.2, -0.15) is 0 Å². The van der Waals surface area contributed by atoms with Crippen molar-refractivity contribution in [1.29, 1.82) is 0 Å². The number of aliphatic hydroxyl groups excluding tert-OH is 2. The molecule has 10 nitrogen and oxygen atoms in total. The molecule has 0 unspecified atom stereocenters. The lowest BCUT2D eigenvalue weighted by molar-refractivity contribution is 0.0981. The van der Waals surface area contributed by atoms with Crippen molar-refractivity contribution < 1.29 is 23.4 Å². The summed E-state index contributed by atoms with van der Waals surface area (Å²) in [5.74, 6) is -0.679. The molecule has 0 radical (unpaired) electrons. The highest BCUT2D eigenvalue weighted by Gasteiger charge is 2.18. The first kappa shape index (κ1) is 25.2. The van der Waals surface area contributed by atoms with Crippen LogP contribution in [-0.2, 0) is 10.0 Å². The first-order valence-corrected chi connectivity index (χ1v) is 10.5. The third kappa shape index (κ3) is 9.56. The Morgan fingerprint density at radius 2 is 1.53 bits per heavy atom. The molecule has 0 saturated heterocycles. The van der Waals surface area contributed by atoms with Gasteiger partial charge in [0.15, 0.2) is 0 Å². The van der Waals surface area contributed by atoms with Gasteiger partial charge in [-0.1, -0.05) is 23.4 Å². The topological polar surface area (TPSA) is 144 Å². The molecule has 0 bridgehead atoms. The van der Waals surface area contributed by atoms with E-state index in [0.29, 0.717) is 18.8 Å². The van der Waals surface area contributed by atoms with E-state index >= 15 is 0 Å². The number of nitrogens with zero attached hydrogens (tertiary/aromatic N) is 3. The minimum absolute atomic E-state index is 0.0226. The Bertz CT molecular complexity index is 883. The lowest BCUT2D eigenvalue weighted by atomic mass is 10.2. The molecule has 0 aliphatic heterocycles. The Balaban J connectivity index is 0.000000553. The zero-order valence-electron chi connectivity index (χ0n) is 16.9. The van der Waals surface area contributed by atoms with E-state index in [0.717, 1.165) is 0 Å². The third-order valence-electron chi connectivity index (χ3n) is 3.33. The van der Waals surface area contributed by atoms with Gasteiger partial charge in [0.25, 0.3) is 15.9 Å². The van der Waals surface area contributed by atoms with Crippen LogP contribution in [0.5, 0.6) is 0 Å². The molecular formula is C19H27N5O5S. The summed E-state index contributed by atoms with van der Waals surface area (Å²) in [6.45, 7) is 1.42. The molecule has 30 heavy (non-hydrogen) atoms. The van der Waals surface area contributed by atoms with Crippen molar-refractivity contribution in [2.24, 2.45) is 10.3 Å². The zero-order chi connectivity index (χ0) is 22.4. The number of carbonyl (C=O) groups excluding carboxylic acids is 1. The summed E-state index contributed by atoms with van der Waals surface area (Å²) in [5, 5.41) is 28.3. The van der Waals surface area contributed by atoms with Gasteiger partial charge in [-0.25, -0.2) is 13.1 Å². The molecule has 4 N–H and O–H groups in total. The highest BCUT2D eigenvalue weighted by Crippen LogP contribution is 2.17. The fourth-order valence-electron chi connectivity index (χ4n) is 1.95. The Kier molecular flexibility index (Phi) is 11.2. The molecule has 0 heterocycles. The zero-order valence-corrected chi connectivity index (χ0v) is 17.7. The van der Waals surface area contributed by atoms with Crippen molar-refractivity contribution in [2.75, 3.05) is 40.4 Å². The van der Waals surface area contributed by atoms with Gasteiger partial charge < -0.3 is 15.5 Å². The SMILES string of the molecule is CN(C)N=Nc1ccc(S(=O)(=O)NC(=O)c2ccccc2)cc1.OCCNCCO. The Labute approximate surface area is 176 Å². The van der Waals surface area contributed by atoms with Gasteiger partial charge in [-0.05, 0) is 36.4 Å². The summed E-state index contributed by atoms with van der Waals surface area (Å²) in [6.07, 6.45) is 0. The second-order valence-corrected chi connectivity index (χ2v) is 7.71. The molecule has 1 amide bonds. The normalized spacial score (nSPS) is 10.9. The fourth-order valence-corrected chi connectivity index (χ4v) is 2.92. The van der Waals surface area contributed by atoms with E-state index in [9.17, 15) is 13.2 Å². The van der Waals surface area contributed by atoms with Crippen molar-refractivity contribution in [1.82, 2.24) is 15.0 Å². The second kappa shape index (κ2) is 13.4. The van der Waals surface area contributed by atoms with Crippen LogP contribution in [0.3, 0.4) is 0 Å². The first-order valence-electron chi connectivity index (χ1n) is 9.04. The van der Waals surface area contributed by atoms with E-state index in [1.54, 1.807) is 32.3 Å². The maximum Gasteiger partial charge on any atom is 0.264 e. The van der Waals surface area contributed by atoms with Crippen LogP contribution in [0.2, 0.25) is 0 Å². The molecule has 2 aromatic rings. The van der Waals surface area contributed by atoms with E-state index in [2.05, 4.69) is 15.7 Å². The summed E-state index contributed by atoms with van der Waals surface area (Å²) in [7, 11) is -0.491. The van der Waals surface area contributed by atoms with E-state index in [1.165, 1.54) is 41.4 Å². The van der Waals surface area contributed by atoms with Crippen LogP contribution < -0.4 is 10.0 Å². The van der Waals surface area contributed by atoms with Gasteiger partial charge in [0.05, 0.1) is 23.8 Å². The van der Waals surface area contributed by atoms with Crippen molar-refractivity contribution >= 4 is 21.6 Å². The smallest absolute Gasteiger partial charge is 0.264 e. The number of aliphatic hydroxyl groups is 2. The van der Waals surface area contributed by atoms with Crippen molar-refractivity contribution in [3.8, 4) is 0 Å². The van der Waals surface area contributed by atoms with Crippen LogP contribution >= 0.6 is 0 Å². The highest BCUT2D eigenvalue weighted by molar-refractivity contribution is 7.90. The predicted molar refractivity (Wildman–Crippen MR) is 113 cm³/mol. The highest BCUT2D eigenvalue weighted by atomic mass is 32.2. The average molecular weight is 438 g/mol. The van der Waals surface area contributed by atoms with Crippen LogP contribution in [0.15, 0.2) is 69.8 Å². The number of hydrogen-bond donors (Lipinski definition) is 4. The molecule has 0 aliphatic carbocycles. The van der Waals surface area contributed by atoms with Gasteiger partial charge in [0, 0.05) is 32.7 Å². The molecule has 0 saturated carbocycles. The monoisotopic (exact) mass is 437 g/mol. The lowest BCUT2D eigenvalue weighted by Gasteiger charge is -2.07. The molecule has 2 aromatic carbocycles. The number of sulfonamides is 1. The molecule has 0 atom stereocenters. The van der Waals surface area contributed by atoms with Crippen molar-refractivity contribution in [3.63, 3.8) is 0 Å². The van der Waals surface area contributed by atoms with Crippen LogP contribution in [0.1, 0.15) is 10.4 Å². The van der Waals surface area contributed by atoms with E-state index < -0.39 is 15.9 Å². The van der Waals surface area contributed by atoms with Crippen LogP contribution in [0, 0.1) is 0 Å². The van der Waals surface area contributed by atoms with Gasteiger partial charge in [0.1, 0.15) is 0 Å². The summed E-state index contributed by atoms with van der Waals surface area (Å²) in [6, 6.07) is 13.9. The summed E-state index contributed by atoms with van der Waals surface area (Å²) in [5.41, 5.74) is 0.777. The molecule has 0 spiro atoms. The fraction of sp³-hybridized carbons (Fsp3) is 0.316. The summed E-state index contributed by atoms with van der Waals surface area (Å²) >= 11 is 0. The summed E-state index contributed by atoms with van der Waals surface area (Å²) in [4.78, 5) is 11.9. The van der Waals surface area contributed by atoms with E-state index in [-0.39, 0.29) is 23.7 Å². The van der Waals surface area contributed by atoms with Crippen molar-refractivity contribution in [2.45, 2.75) is 4.90 Å². The Morgan fingerprint density at radius 1 is 0.967 bits per heavy atom. The minimum Gasteiger partial charge on any atom is -0.395 e. The maximum atomic E-state index is 12.2. The molecule has 0 fully saturated rings. The number of benzene rings is 2. The van der Waals surface area contributed by atoms with Gasteiger partial charge in [-0.15, -0.1) is 5.11 Å². The van der Waals surface area contributed by atoms with Gasteiger partial charge in [0.2, 0.25) is 0 Å². The number of nitrogens with one attached hydrogen (secondary N) is 2.